The number of sulfonamides is 1. The first-order chi connectivity index (χ1) is 8.90. The molecule has 0 aromatic heterocycles. The normalized spacial score (nSPS) is 11.3. The molecule has 2 N–H and O–H groups in total. The summed E-state index contributed by atoms with van der Waals surface area (Å²) in [7, 11) is -3.95. The number of hydrogen-bond acceptors (Lipinski definition) is 3. The molecule has 0 fully saturated rings. The lowest BCUT2D eigenvalue weighted by Gasteiger charge is -2.09. The van der Waals surface area contributed by atoms with Gasteiger partial charge in [0.15, 0.2) is 0 Å². The average molecular weight is 302 g/mol. The van der Waals surface area contributed by atoms with Gasteiger partial charge in [-0.15, -0.1) is 0 Å². The molecule has 0 bridgehead atoms. The number of para-hydroxylation sites is 1. The zero-order valence-corrected chi connectivity index (χ0v) is 11.0. The topological polar surface area (TPSA) is 66.4 Å². The summed E-state index contributed by atoms with van der Waals surface area (Å²) in [4.78, 5) is -0.268. The number of rotatable bonds is 3. The van der Waals surface area contributed by atoms with Crippen LogP contribution in [-0.2, 0) is 10.0 Å². The first-order valence-electron chi connectivity index (χ1n) is 5.16. The molecule has 2 aromatic rings. The quantitative estimate of drug-likeness (QED) is 0.916. The zero-order chi connectivity index (χ0) is 14.0. The lowest BCUT2D eigenvalue weighted by atomic mass is 10.3. The fourth-order valence-electron chi connectivity index (χ4n) is 1.45. The van der Waals surface area contributed by atoms with Gasteiger partial charge in [-0.3, -0.25) is 4.72 Å². The van der Waals surface area contributed by atoms with Gasteiger partial charge in [0.1, 0.15) is 16.5 Å². The second-order valence-electron chi connectivity index (χ2n) is 3.70. The first-order valence-corrected chi connectivity index (χ1v) is 7.02. The van der Waals surface area contributed by atoms with Gasteiger partial charge < -0.3 is 5.11 Å². The molecule has 0 aliphatic heterocycles. The van der Waals surface area contributed by atoms with Gasteiger partial charge in [0.05, 0.1) is 10.7 Å². The van der Waals surface area contributed by atoms with Crippen molar-refractivity contribution < 1.29 is 17.9 Å². The standard InChI is InChI=1S/C12H9ClFNO3S/c13-9-7-8(5-6-10(9)14)15-19(17,18)12-4-2-1-3-11(12)16/h1-7,15-16H. The smallest absolute Gasteiger partial charge is 0.265 e. The van der Waals surface area contributed by atoms with E-state index in [-0.39, 0.29) is 21.4 Å². The Kier molecular flexibility index (Phi) is 3.64. The molecule has 0 aliphatic carbocycles. The monoisotopic (exact) mass is 301 g/mol. The largest absolute Gasteiger partial charge is 0.507 e. The molecule has 0 saturated carbocycles. The van der Waals surface area contributed by atoms with Crippen LogP contribution < -0.4 is 4.72 Å². The van der Waals surface area contributed by atoms with Gasteiger partial charge >= 0.3 is 0 Å². The molecule has 7 heteroatoms. The van der Waals surface area contributed by atoms with Crippen LogP contribution in [0.25, 0.3) is 0 Å². The third kappa shape index (κ3) is 2.97. The van der Waals surface area contributed by atoms with Gasteiger partial charge in [0.2, 0.25) is 0 Å². The molecule has 0 amide bonds. The Morgan fingerprint density at radius 2 is 1.84 bits per heavy atom. The van der Waals surface area contributed by atoms with Crippen molar-refractivity contribution in [3.63, 3.8) is 0 Å². The highest BCUT2D eigenvalue weighted by Gasteiger charge is 2.18. The summed E-state index contributed by atoms with van der Waals surface area (Å²) in [6.45, 7) is 0. The SMILES string of the molecule is O=S(=O)(Nc1ccc(F)c(Cl)c1)c1ccccc1O. The average Bonchev–Trinajstić information content (AvgIpc) is 2.34. The number of aromatic hydroxyl groups is 1. The van der Waals surface area contributed by atoms with Crippen molar-refractivity contribution in [1.82, 2.24) is 0 Å². The molecule has 0 unspecified atom stereocenters. The molecular formula is C12H9ClFNO3S. The van der Waals surface area contributed by atoms with E-state index < -0.39 is 15.8 Å². The molecule has 100 valence electrons. The van der Waals surface area contributed by atoms with Crippen LogP contribution in [-0.4, -0.2) is 13.5 Å². The summed E-state index contributed by atoms with van der Waals surface area (Å²) in [5, 5.41) is 9.32. The van der Waals surface area contributed by atoms with E-state index in [1.807, 2.05) is 0 Å². The molecule has 0 aliphatic rings. The van der Waals surface area contributed by atoms with Crippen molar-refractivity contribution in [2.45, 2.75) is 4.90 Å². The van der Waals surface area contributed by atoms with Crippen LogP contribution in [0.2, 0.25) is 5.02 Å². The van der Waals surface area contributed by atoms with Gasteiger partial charge in [-0.1, -0.05) is 23.7 Å². The number of hydrogen-bond donors (Lipinski definition) is 2. The second-order valence-corrected chi connectivity index (χ2v) is 5.76. The Balaban J connectivity index is 2.37. The third-order valence-electron chi connectivity index (χ3n) is 2.33. The van der Waals surface area contributed by atoms with E-state index >= 15 is 0 Å². The van der Waals surface area contributed by atoms with Crippen LogP contribution in [0, 0.1) is 5.82 Å². The van der Waals surface area contributed by atoms with Crippen LogP contribution in [0.5, 0.6) is 5.75 Å². The van der Waals surface area contributed by atoms with Crippen molar-refractivity contribution >= 4 is 27.3 Å². The Bertz CT molecular complexity index is 719. The Labute approximate surface area is 114 Å². The van der Waals surface area contributed by atoms with E-state index in [9.17, 15) is 17.9 Å². The van der Waals surface area contributed by atoms with Gasteiger partial charge in [0, 0.05) is 0 Å². The van der Waals surface area contributed by atoms with Crippen LogP contribution in [0.3, 0.4) is 0 Å². The van der Waals surface area contributed by atoms with E-state index in [1.165, 1.54) is 30.3 Å². The lowest BCUT2D eigenvalue weighted by Crippen LogP contribution is -2.13. The molecule has 19 heavy (non-hydrogen) atoms. The minimum absolute atomic E-state index is 0.106. The highest BCUT2D eigenvalue weighted by atomic mass is 35.5. The number of benzene rings is 2. The number of nitrogens with one attached hydrogen (secondary N) is 1. The Morgan fingerprint density at radius 3 is 2.47 bits per heavy atom. The van der Waals surface area contributed by atoms with Crippen LogP contribution in [0.15, 0.2) is 47.4 Å². The molecule has 0 atom stereocenters. The molecule has 0 spiro atoms. The predicted molar refractivity (Wildman–Crippen MR) is 70.3 cm³/mol. The number of anilines is 1. The molecule has 0 radical (unpaired) electrons. The predicted octanol–water partition coefficient (Wildman–Crippen LogP) is 2.99. The summed E-state index contributed by atoms with van der Waals surface area (Å²) < 4.78 is 39.2. The second kappa shape index (κ2) is 5.07. The highest BCUT2D eigenvalue weighted by molar-refractivity contribution is 7.92. The number of phenolic OH excluding ortho intramolecular Hbond substituents is 1. The summed E-state index contributed by atoms with van der Waals surface area (Å²) in [6, 6.07) is 8.92. The van der Waals surface area contributed by atoms with E-state index in [1.54, 1.807) is 0 Å². The molecule has 0 heterocycles. The minimum atomic E-state index is -3.95. The summed E-state index contributed by atoms with van der Waals surface area (Å²) in [6.07, 6.45) is 0. The maximum atomic E-state index is 13.0. The van der Waals surface area contributed by atoms with Gasteiger partial charge in [0.25, 0.3) is 10.0 Å². The summed E-state index contributed by atoms with van der Waals surface area (Å²) in [5.41, 5.74) is 0.106. The van der Waals surface area contributed by atoms with Crippen LogP contribution in [0.1, 0.15) is 0 Å². The van der Waals surface area contributed by atoms with Gasteiger partial charge in [-0.05, 0) is 30.3 Å². The molecule has 2 aromatic carbocycles. The van der Waals surface area contributed by atoms with E-state index in [0.29, 0.717) is 0 Å². The minimum Gasteiger partial charge on any atom is -0.507 e. The van der Waals surface area contributed by atoms with Crippen molar-refractivity contribution in [3.05, 3.63) is 53.3 Å². The number of halogens is 2. The van der Waals surface area contributed by atoms with Crippen molar-refractivity contribution in [2.24, 2.45) is 0 Å². The van der Waals surface area contributed by atoms with Gasteiger partial charge in [-0.2, -0.15) is 0 Å². The first kappa shape index (κ1) is 13.6. The zero-order valence-electron chi connectivity index (χ0n) is 9.47. The maximum Gasteiger partial charge on any atom is 0.265 e. The fraction of sp³-hybridized carbons (Fsp3) is 0. The van der Waals surface area contributed by atoms with Crippen molar-refractivity contribution in [3.8, 4) is 5.75 Å². The molecular weight excluding hydrogens is 293 g/mol. The van der Waals surface area contributed by atoms with E-state index in [2.05, 4.69) is 4.72 Å². The van der Waals surface area contributed by atoms with Crippen molar-refractivity contribution in [1.29, 1.82) is 0 Å². The summed E-state index contributed by atoms with van der Waals surface area (Å²) >= 11 is 5.56. The maximum absolute atomic E-state index is 13.0. The Hall–Kier alpha value is -1.79. The molecule has 2 rings (SSSR count). The van der Waals surface area contributed by atoms with Crippen molar-refractivity contribution in [2.75, 3.05) is 4.72 Å². The molecule has 0 saturated heterocycles. The fourth-order valence-corrected chi connectivity index (χ4v) is 2.78. The third-order valence-corrected chi connectivity index (χ3v) is 4.04. The van der Waals surface area contributed by atoms with E-state index in [0.717, 1.165) is 12.1 Å². The van der Waals surface area contributed by atoms with Crippen LogP contribution in [0.4, 0.5) is 10.1 Å². The molecule has 4 nitrogen and oxygen atoms in total. The van der Waals surface area contributed by atoms with E-state index in [4.69, 9.17) is 11.6 Å². The highest BCUT2D eigenvalue weighted by Crippen LogP contribution is 2.26. The lowest BCUT2D eigenvalue weighted by molar-refractivity contribution is 0.459. The Morgan fingerprint density at radius 1 is 1.16 bits per heavy atom. The summed E-state index contributed by atoms with van der Waals surface area (Å²) in [5.74, 6) is -1.02. The number of phenols is 1. The van der Waals surface area contributed by atoms with Gasteiger partial charge in [-0.25, -0.2) is 12.8 Å². The van der Waals surface area contributed by atoms with Crippen LogP contribution >= 0.6 is 11.6 Å².